The highest BCUT2D eigenvalue weighted by Gasteiger charge is 2.42. The smallest absolute Gasteiger partial charge is 0.255 e. The van der Waals surface area contributed by atoms with Crippen molar-refractivity contribution in [2.75, 3.05) is 10.4 Å². The van der Waals surface area contributed by atoms with Gasteiger partial charge >= 0.3 is 0 Å². The largest absolute Gasteiger partial charge is 0.506 e. The first-order valence-corrected chi connectivity index (χ1v) is 14.1. The number of hydrogen-bond acceptors (Lipinski definition) is 5. The van der Waals surface area contributed by atoms with Crippen LogP contribution in [-0.4, -0.2) is 29.9 Å². The summed E-state index contributed by atoms with van der Waals surface area (Å²) >= 11 is 0. The summed E-state index contributed by atoms with van der Waals surface area (Å²) in [4.78, 5) is 17.2. The Morgan fingerprint density at radius 2 is 1.64 bits per heavy atom. The predicted octanol–water partition coefficient (Wildman–Crippen LogP) is 6.73. The molecule has 176 valence electrons. The number of phenols is 1. The van der Waals surface area contributed by atoms with E-state index in [9.17, 15) is 9.90 Å². The average Bonchev–Trinajstić information content (AvgIpc) is 2.73. The Labute approximate surface area is 197 Å². The standard InChI is InChI=1S/C26H35N3O3Si/c1-25(2,3)29(32-33(7,8)26(4,5)6)19-13-11-18(12-14-19)24(31)28-21-15-16-22(30)23-20(21)10-9-17-27-23/h9-17,30H,1-8H3,(H,28,31). The van der Waals surface area contributed by atoms with Gasteiger partial charge in [0.15, 0.2) is 0 Å². The van der Waals surface area contributed by atoms with Gasteiger partial charge in [-0.15, -0.1) is 0 Å². The molecular formula is C26H35N3O3Si. The summed E-state index contributed by atoms with van der Waals surface area (Å²) in [5.41, 5.74) is 2.24. The number of hydroxylamine groups is 1. The molecule has 6 nitrogen and oxygen atoms in total. The van der Waals surface area contributed by atoms with Gasteiger partial charge in [0, 0.05) is 17.1 Å². The van der Waals surface area contributed by atoms with Gasteiger partial charge in [0.2, 0.25) is 8.32 Å². The maximum Gasteiger partial charge on any atom is 0.255 e. The number of benzene rings is 2. The van der Waals surface area contributed by atoms with Gasteiger partial charge in [-0.1, -0.05) is 20.8 Å². The van der Waals surface area contributed by atoms with Crippen LogP contribution in [0.25, 0.3) is 10.9 Å². The minimum atomic E-state index is -2.06. The molecule has 1 amide bonds. The molecule has 0 saturated heterocycles. The van der Waals surface area contributed by atoms with E-state index in [0.717, 1.165) is 5.69 Å². The number of aromatic nitrogens is 1. The number of amides is 1. The van der Waals surface area contributed by atoms with Crippen LogP contribution in [0.15, 0.2) is 54.7 Å². The molecule has 3 rings (SSSR count). The summed E-state index contributed by atoms with van der Waals surface area (Å²) < 4.78 is 6.65. The van der Waals surface area contributed by atoms with E-state index in [-0.39, 0.29) is 22.2 Å². The van der Waals surface area contributed by atoms with Gasteiger partial charge in [0.05, 0.1) is 16.9 Å². The number of phenolic OH excluding ortho intramolecular Hbond substituents is 1. The van der Waals surface area contributed by atoms with Gasteiger partial charge in [-0.2, -0.15) is 0 Å². The second-order valence-corrected chi connectivity index (χ2v) is 15.6. The van der Waals surface area contributed by atoms with Crippen molar-refractivity contribution in [1.29, 1.82) is 0 Å². The maximum absolute atomic E-state index is 12.9. The van der Waals surface area contributed by atoms with E-state index >= 15 is 0 Å². The molecule has 0 bridgehead atoms. The van der Waals surface area contributed by atoms with Crippen molar-refractivity contribution in [3.05, 3.63) is 60.3 Å². The van der Waals surface area contributed by atoms with E-state index in [0.29, 0.717) is 22.2 Å². The number of nitrogens with one attached hydrogen (secondary N) is 1. The Kier molecular flexibility index (Phi) is 6.59. The van der Waals surface area contributed by atoms with Crippen LogP contribution < -0.4 is 10.4 Å². The molecule has 0 spiro atoms. The number of carbonyl (C=O) groups excluding carboxylic acids is 1. The molecule has 1 heterocycles. The highest BCUT2D eigenvalue weighted by molar-refractivity contribution is 6.74. The van der Waals surface area contributed by atoms with Gasteiger partial charge in [0.1, 0.15) is 11.3 Å². The number of hydrogen-bond donors (Lipinski definition) is 2. The van der Waals surface area contributed by atoms with Crippen molar-refractivity contribution in [3.8, 4) is 5.75 Å². The van der Waals surface area contributed by atoms with Crippen molar-refractivity contribution in [2.45, 2.75) is 65.2 Å². The molecule has 0 saturated carbocycles. The third-order valence-electron chi connectivity index (χ3n) is 6.10. The molecule has 2 N–H and O–H groups in total. The van der Waals surface area contributed by atoms with Crippen LogP contribution in [0.1, 0.15) is 51.9 Å². The normalized spacial score (nSPS) is 12.6. The van der Waals surface area contributed by atoms with Crippen molar-refractivity contribution >= 4 is 36.5 Å². The minimum absolute atomic E-state index is 0.0675. The zero-order valence-corrected chi connectivity index (χ0v) is 21.9. The number of nitrogens with zero attached hydrogens (tertiary/aromatic N) is 2. The molecule has 0 aliphatic carbocycles. The van der Waals surface area contributed by atoms with Gasteiger partial charge in [-0.05, 0) is 87.4 Å². The molecule has 3 aromatic rings. The highest BCUT2D eigenvalue weighted by Crippen LogP contribution is 2.39. The monoisotopic (exact) mass is 465 g/mol. The number of pyridine rings is 1. The number of rotatable bonds is 5. The highest BCUT2D eigenvalue weighted by atomic mass is 28.4. The molecule has 0 atom stereocenters. The van der Waals surface area contributed by atoms with Gasteiger partial charge in [-0.3, -0.25) is 14.8 Å². The Hall–Kier alpha value is -2.90. The van der Waals surface area contributed by atoms with Crippen molar-refractivity contribution in [1.82, 2.24) is 4.98 Å². The molecule has 7 heteroatoms. The lowest BCUT2D eigenvalue weighted by Crippen LogP contribution is -2.52. The topological polar surface area (TPSA) is 74.7 Å². The summed E-state index contributed by atoms with van der Waals surface area (Å²) in [7, 11) is -2.06. The van der Waals surface area contributed by atoms with Crippen LogP contribution in [0.4, 0.5) is 11.4 Å². The summed E-state index contributed by atoms with van der Waals surface area (Å²) in [5, 5.41) is 15.7. The third-order valence-corrected chi connectivity index (χ3v) is 10.3. The second-order valence-electron chi connectivity index (χ2n) is 10.8. The van der Waals surface area contributed by atoms with E-state index in [1.54, 1.807) is 30.5 Å². The summed E-state index contributed by atoms with van der Waals surface area (Å²) in [6.07, 6.45) is 1.61. The summed E-state index contributed by atoms with van der Waals surface area (Å²) in [6, 6.07) is 14.3. The predicted molar refractivity (Wildman–Crippen MR) is 138 cm³/mol. The first-order chi connectivity index (χ1) is 15.2. The summed E-state index contributed by atoms with van der Waals surface area (Å²) in [5.74, 6) is -0.151. The minimum Gasteiger partial charge on any atom is -0.506 e. The fourth-order valence-electron chi connectivity index (χ4n) is 3.15. The number of carbonyl (C=O) groups is 1. The van der Waals surface area contributed by atoms with Crippen LogP contribution in [0.2, 0.25) is 18.1 Å². The molecule has 0 aliphatic rings. The van der Waals surface area contributed by atoms with Crippen LogP contribution >= 0.6 is 0 Å². The molecule has 0 unspecified atom stereocenters. The van der Waals surface area contributed by atoms with Gasteiger partial charge in [-0.25, -0.2) is 0 Å². The molecule has 33 heavy (non-hydrogen) atoms. The van der Waals surface area contributed by atoms with E-state index in [2.05, 4.69) is 64.9 Å². The maximum atomic E-state index is 12.9. The van der Waals surface area contributed by atoms with Crippen LogP contribution in [-0.2, 0) is 4.53 Å². The van der Waals surface area contributed by atoms with Gasteiger partial charge < -0.3 is 15.0 Å². The molecule has 1 aromatic heterocycles. The van der Waals surface area contributed by atoms with Crippen molar-refractivity contribution < 1.29 is 14.4 Å². The van der Waals surface area contributed by atoms with E-state index < -0.39 is 8.32 Å². The third kappa shape index (κ3) is 5.37. The first-order valence-electron chi connectivity index (χ1n) is 11.2. The molecule has 2 aromatic carbocycles. The molecule has 0 aliphatic heterocycles. The fraction of sp³-hybridized carbons (Fsp3) is 0.385. The lowest BCUT2D eigenvalue weighted by molar-refractivity contribution is 0.102. The number of aromatic hydroxyl groups is 1. The number of fused-ring (bicyclic) bond motifs is 1. The van der Waals surface area contributed by atoms with E-state index in [1.165, 1.54) is 6.07 Å². The van der Waals surface area contributed by atoms with Crippen LogP contribution in [0.3, 0.4) is 0 Å². The Morgan fingerprint density at radius 1 is 1.00 bits per heavy atom. The molecule has 0 fully saturated rings. The lowest BCUT2D eigenvalue weighted by atomic mass is 10.1. The van der Waals surface area contributed by atoms with E-state index in [4.69, 9.17) is 4.53 Å². The van der Waals surface area contributed by atoms with Crippen molar-refractivity contribution in [2.24, 2.45) is 0 Å². The molecule has 0 radical (unpaired) electrons. The Bertz CT molecular complexity index is 1150. The second kappa shape index (κ2) is 8.80. The lowest BCUT2D eigenvalue weighted by Gasteiger charge is -2.45. The zero-order valence-electron chi connectivity index (χ0n) is 20.9. The zero-order chi connectivity index (χ0) is 24.6. The van der Waals surface area contributed by atoms with Crippen LogP contribution in [0, 0.1) is 0 Å². The Balaban J connectivity index is 1.85. The average molecular weight is 466 g/mol. The van der Waals surface area contributed by atoms with Crippen molar-refractivity contribution in [3.63, 3.8) is 0 Å². The number of anilines is 2. The molecular weight excluding hydrogens is 430 g/mol. The van der Waals surface area contributed by atoms with Gasteiger partial charge in [0.25, 0.3) is 5.91 Å². The summed E-state index contributed by atoms with van der Waals surface area (Å²) in [6.45, 7) is 17.5. The SMILES string of the molecule is CC(C)(C)N(O[Si](C)(C)C(C)(C)C)c1ccc(C(=O)Nc2ccc(O)c3ncccc23)cc1. The quantitative estimate of drug-likeness (QED) is 0.248. The fourth-order valence-corrected chi connectivity index (χ4v) is 4.26. The first kappa shape index (κ1) is 24.7. The Morgan fingerprint density at radius 3 is 2.21 bits per heavy atom. The van der Waals surface area contributed by atoms with Crippen LogP contribution in [0.5, 0.6) is 5.75 Å². The van der Waals surface area contributed by atoms with E-state index in [1.807, 2.05) is 23.3 Å².